The van der Waals surface area contributed by atoms with Gasteiger partial charge in [-0.05, 0) is 43.7 Å². The topological polar surface area (TPSA) is 18.5 Å². The largest absolute Gasteiger partial charge is 0.492 e. The highest BCUT2D eigenvalue weighted by Crippen LogP contribution is 2.44. The maximum atomic E-state index is 5.77. The van der Waals surface area contributed by atoms with Crippen LogP contribution in [-0.4, -0.2) is 19.3 Å². The molecule has 0 bridgehead atoms. The summed E-state index contributed by atoms with van der Waals surface area (Å²) in [5.41, 5.74) is 2.87. The molecular formula is C18H25BrO2. The van der Waals surface area contributed by atoms with Gasteiger partial charge in [0.2, 0.25) is 0 Å². The average molecular weight is 353 g/mol. The zero-order valence-electron chi connectivity index (χ0n) is 13.2. The maximum Gasteiger partial charge on any atom is 0.123 e. The molecular weight excluding hydrogens is 328 g/mol. The van der Waals surface area contributed by atoms with Gasteiger partial charge in [-0.1, -0.05) is 41.9 Å². The summed E-state index contributed by atoms with van der Waals surface area (Å²) in [6, 6.07) is 6.68. The van der Waals surface area contributed by atoms with Crippen LogP contribution in [0.1, 0.15) is 56.0 Å². The molecule has 1 aliphatic heterocycles. The molecule has 0 aromatic heterocycles. The Labute approximate surface area is 136 Å². The molecule has 2 aliphatic rings. The van der Waals surface area contributed by atoms with Crippen molar-refractivity contribution in [1.29, 1.82) is 0 Å². The maximum absolute atomic E-state index is 5.77. The Morgan fingerprint density at radius 3 is 2.86 bits per heavy atom. The number of rotatable bonds is 5. The molecule has 0 spiro atoms. The van der Waals surface area contributed by atoms with Crippen molar-refractivity contribution in [2.24, 2.45) is 5.92 Å². The van der Waals surface area contributed by atoms with E-state index in [1.807, 2.05) is 0 Å². The van der Waals surface area contributed by atoms with E-state index in [-0.39, 0.29) is 5.41 Å². The molecule has 0 amide bonds. The fraction of sp³-hybridized carbons (Fsp3) is 0.667. The molecule has 21 heavy (non-hydrogen) atoms. The van der Waals surface area contributed by atoms with Crippen LogP contribution in [0.25, 0.3) is 0 Å². The van der Waals surface area contributed by atoms with E-state index < -0.39 is 0 Å². The second kappa shape index (κ2) is 5.92. The average Bonchev–Trinajstić information content (AvgIpc) is 2.72. The molecule has 1 heterocycles. The molecule has 1 fully saturated rings. The van der Waals surface area contributed by atoms with Crippen molar-refractivity contribution >= 4 is 15.9 Å². The molecule has 1 aromatic carbocycles. The molecule has 116 valence electrons. The molecule has 0 N–H and O–H groups in total. The number of fused-ring (bicyclic) bond motifs is 1. The minimum absolute atomic E-state index is 0.134. The van der Waals surface area contributed by atoms with Gasteiger partial charge in [0.05, 0.1) is 12.7 Å². The van der Waals surface area contributed by atoms with Crippen molar-refractivity contribution in [3.8, 4) is 5.75 Å². The summed E-state index contributed by atoms with van der Waals surface area (Å²) in [6.45, 7) is 8.22. The predicted molar refractivity (Wildman–Crippen MR) is 89.4 cm³/mol. The summed E-state index contributed by atoms with van der Waals surface area (Å²) >= 11 is 3.88. The lowest BCUT2D eigenvalue weighted by atomic mass is 9.78. The first kappa shape index (κ1) is 15.4. The van der Waals surface area contributed by atoms with Gasteiger partial charge in [0, 0.05) is 22.4 Å². The van der Waals surface area contributed by atoms with Gasteiger partial charge < -0.3 is 9.47 Å². The van der Waals surface area contributed by atoms with E-state index in [0.717, 1.165) is 24.9 Å². The summed E-state index contributed by atoms with van der Waals surface area (Å²) in [4.78, 5) is 0.437. The summed E-state index contributed by atoms with van der Waals surface area (Å²) in [7, 11) is 0. The lowest BCUT2D eigenvalue weighted by Crippen LogP contribution is -2.31. The van der Waals surface area contributed by atoms with E-state index in [1.165, 1.54) is 30.4 Å². The van der Waals surface area contributed by atoms with E-state index in [2.05, 4.69) is 54.9 Å². The SMILES string of the molecule is CCOC1CC(CC(Br)c2ccc3c(c2)C(C)(C)CO3)C1. The van der Waals surface area contributed by atoms with E-state index in [4.69, 9.17) is 9.47 Å². The minimum atomic E-state index is 0.134. The van der Waals surface area contributed by atoms with Crippen LogP contribution in [0.4, 0.5) is 0 Å². The van der Waals surface area contributed by atoms with Crippen LogP contribution in [0.15, 0.2) is 18.2 Å². The first-order valence-electron chi connectivity index (χ1n) is 8.02. The molecule has 1 aromatic rings. The van der Waals surface area contributed by atoms with Gasteiger partial charge in [-0.25, -0.2) is 0 Å². The number of hydrogen-bond donors (Lipinski definition) is 0. The third-order valence-corrected chi connectivity index (χ3v) is 5.72. The van der Waals surface area contributed by atoms with Crippen LogP contribution in [0, 0.1) is 5.92 Å². The molecule has 0 saturated heterocycles. The van der Waals surface area contributed by atoms with Gasteiger partial charge in [-0.2, -0.15) is 0 Å². The first-order valence-corrected chi connectivity index (χ1v) is 8.94. The van der Waals surface area contributed by atoms with Gasteiger partial charge in [0.25, 0.3) is 0 Å². The fourth-order valence-electron chi connectivity index (χ4n) is 3.40. The van der Waals surface area contributed by atoms with Gasteiger partial charge in [0.1, 0.15) is 5.75 Å². The first-order chi connectivity index (χ1) is 9.99. The second-order valence-electron chi connectivity index (χ2n) is 7.05. The van der Waals surface area contributed by atoms with Crippen molar-refractivity contribution < 1.29 is 9.47 Å². The molecule has 3 heteroatoms. The van der Waals surface area contributed by atoms with Crippen molar-refractivity contribution in [1.82, 2.24) is 0 Å². The Balaban J connectivity index is 1.63. The molecule has 3 rings (SSSR count). The summed E-state index contributed by atoms with van der Waals surface area (Å²) in [6.07, 6.45) is 4.14. The van der Waals surface area contributed by atoms with Crippen LogP contribution < -0.4 is 4.74 Å². The van der Waals surface area contributed by atoms with Crippen molar-refractivity contribution in [3.63, 3.8) is 0 Å². The molecule has 0 radical (unpaired) electrons. The summed E-state index contributed by atoms with van der Waals surface area (Å²) < 4.78 is 11.4. The van der Waals surface area contributed by atoms with Gasteiger partial charge in [-0.3, -0.25) is 0 Å². The van der Waals surface area contributed by atoms with Crippen LogP contribution in [0.5, 0.6) is 5.75 Å². The lowest BCUT2D eigenvalue weighted by Gasteiger charge is -2.36. The van der Waals surface area contributed by atoms with Crippen LogP contribution >= 0.6 is 15.9 Å². The quantitative estimate of drug-likeness (QED) is 0.694. The minimum Gasteiger partial charge on any atom is -0.492 e. The zero-order valence-corrected chi connectivity index (χ0v) is 14.8. The summed E-state index contributed by atoms with van der Waals surface area (Å²) in [5.74, 6) is 1.85. The monoisotopic (exact) mass is 352 g/mol. The molecule has 2 nitrogen and oxygen atoms in total. The molecule has 1 atom stereocenters. The molecule has 1 unspecified atom stereocenters. The van der Waals surface area contributed by atoms with Gasteiger partial charge in [0.15, 0.2) is 0 Å². The Kier molecular flexibility index (Phi) is 4.33. The second-order valence-corrected chi connectivity index (χ2v) is 8.15. The number of hydrogen-bond acceptors (Lipinski definition) is 2. The van der Waals surface area contributed by atoms with Gasteiger partial charge in [-0.15, -0.1) is 0 Å². The normalized spacial score (nSPS) is 27.6. The van der Waals surface area contributed by atoms with Crippen LogP contribution in [-0.2, 0) is 10.2 Å². The Morgan fingerprint density at radius 1 is 1.38 bits per heavy atom. The number of alkyl halides is 1. The summed E-state index contributed by atoms with van der Waals surface area (Å²) in [5, 5.41) is 0. The standard InChI is InChI=1S/C18H25BrO2/c1-4-20-14-7-12(8-14)9-16(19)13-5-6-17-15(10-13)18(2,3)11-21-17/h5-6,10,12,14,16H,4,7-9,11H2,1-3H3. The predicted octanol–water partition coefficient (Wildman–Crippen LogP) is 5.00. The smallest absolute Gasteiger partial charge is 0.123 e. The highest BCUT2D eigenvalue weighted by Gasteiger charge is 2.34. The Bertz CT molecular complexity index is 506. The van der Waals surface area contributed by atoms with Crippen molar-refractivity contribution in [3.05, 3.63) is 29.3 Å². The Hall–Kier alpha value is -0.540. The molecule has 1 saturated carbocycles. The van der Waals surface area contributed by atoms with Crippen molar-refractivity contribution in [2.75, 3.05) is 13.2 Å². The van der Waals surface area contributed by atoms with Crippen LogP contribution in [0.2, 0.25) is 0 Å². The van der Waals surface area contributed by atoms with E-state index >= 15 is 0 Å². The number of halogens is 1. The number of ether oxygens (including phenoxy) is 2. The third kappa shape index (κ3) is 3.14. The Morgan fingerprint density at radius 2 is 2.14 bits per heavy atom. The third-order valence-electron chi connectivity index (χ3n) is 4.82. The van der Waals surface area contributed by atoms with Gasteiger partial charge >= 0.3 is 0 Å². The van der Waals surface area contributed by atoms with Crippen molar-refractivity contribution in [2.45, 2.75) is 56.4 Å². The number of benzene rings is 1. The highest BCUT2D eigenvalue weighted by molar-refractivity contribution is 9.09. The van der Waals surface area contributed by atoms with E-state index in [1.54, 1.807) is 0 Å². The zero-order chi connectivity index (χ0) is 15.0. The highest BCUT2D eigenvalue weighted by atomic mass is 79.9. The fourth-order valence-corrected chi connectivity index (χ4v) is 4.21. The van der Waals surface area contributed by atoms with E-state index in [0.29, 0.717) is 10.9 Å². The molecule has 1 aliphatic carbocycles. The lowest BCUT2D eigenvalue weighted by molar-refractivity contribution is -0.0264. The van der Waals surface area contributed by atoms with E-state index in [9.17, 15) is 0 Å². The van der Waals surface area contributed by atoms with Crippen LogP contribution in [0.3, 0.4) is 0 Å².